The van der Waals surface area contributed by atoms with E-state index < -0.39 is 0 Å². The van der Waals surface area contributed by atoms with Crippen molar-refractivity contribution in [3.63, 3.8) is 0 Å². The van der Waals surface area contributed by atoms with Crippen molar-refractivity contribution in [2.24, 2.45) is 0 Å². The summed E-state index contributed by atoms with van der Waals surface area (Å²) in [5, 5.41) is 7.47. The Balaban J connectivity index is 2.46. The largest absolute Gasteiger partial charge is 0.243 e. The molecule has 3 heteroatoms. The van der Waals surface area contributed by atoms with Gasteiger partial charge in [-0.15, -0.1) is 0 Å². The third kappa shape index (κ3) is 1.18. The van der Waals surface area contributed by atoms with Crippen LogP contribution in [0.2, 0.25) is 0 Å². The van der Waals surface area contributed by atoms with Crippen LogP contribution in [-0.4, -0.2) is 10.3 Å². The Morgan fingerprint density at radius 1 is 1.25 bits per heavy atom. The summed E-state index contributed by atoms with van der Waals surface area (Å²) in [5.74, 6) is 0. The van der Waals surface area contributed by atoms with Gasteiger partial charge in [0.15, 0.2) is 0 Å². The highest BCUT2D eigenvalue weighted by Crippen LogP contribution is 2.12. The van der Waals surface area contributed by atoms with Crippen molar-refractivity contribution in [3.8, 4) is 0 Å². The Kier molecular flexibility index (Phi) is 1.78. The molecule has 3 nitrogen and oxygen atoms in total. The van der Waals surface area contributed by atoms with Gasteiger partial charge in [0.2, 0.25) is 0 Å². The second kappa shape index (κ2) is 2.93. The minimum atomic E-state index is 0.808. The Labute approximate surface area is 70.3 Å². The molecule has 0 fully saturated rings. The summed E-state index contributed by atoms with van der Waals surface area (Å²) in [5.41, 5.74) is 2.86. The van der Waals surface area contributed by atoms with E-state index in [0.717, 1.165) is 23.9 Å². The summed E-state index contributed by atoms with van der Waals surface area (Å²) in [6, 6.07) is 5.92. The number of nitrogens with zero attached hydrogens (tertiary/aromatic N) is 2. The first-order valence-electron chi connectivity index (χ1n) is 3.90. The molecule has 0 N–H and O–H groups in total. The van der Waals surface area contributed by atoms with Crippen LogP contribution in [-0.2, 0) is 6.42 Å². The molecule has 61 valence electrons. The Morgan fingerprint density at radius 2 is 2.08 bits per heavy atom. The molecule has 1 aromatic heterocycles. The quantitative estimate of drug-likeness (QED) is 0.676. The Morgan fingerprint density at radius 3 is 2.92 bits per heavy atom. The van der Waals surface area contributed by atoms with Crippen LogP contribution in [0.15, 0.2) is 22.8 Å². The van der Waals surface area contributed by atoms with E-state index in [2.05, 4.69) is 21.9 Å². The third-order valence-corrected chi connectivity index (χ3v) is 1.78. The molecule has 0 aliphatic heterocycles. The Hall–Kier alpha value is -1.38. The van der Waals surface area contributed by atoms with Crippen molar-refractivity contribution in [2.45, 2.75) is 12.8 Å². The van der Waals surface area contributed by atoms with Crippen molar-refractivity contribution < 1.29 is 4.63 Å². The second-order valence-electron chi connectivity index (χ2n) is 2.69. The number of aromatic nitrogens is 2. The predicted octanol–water partition coefficient (Wildman–Crippen LogP) is 1.99. The molecule has 0 atom stereocenters. The van der Waals surface area contributed by atoms with Crippen molar-refractivity contribution in [3.05, 3.63) is 30.7 Å². The molecule has 1 heterocycles. The average Bonchev–Trinajstić information content (AvgIpc) is 2.51. The SMILES string of the molecule is [CH2]CCc1ccc2nonc2c1. The molecule has 0 aliphatic carbocycles. The van der Waals surface area contributed by atoms with E-state index in [1.54, 1.807) is 0 Å². The van der Waals surface area contributed by atoms with E-state index in [-0.39, 0.29) is 0 Å². The molecule has 0 unspecified atom stereocenters. The minimum Gasteiger partial charge on any atom is -0.243 e. The Bertz CT molecular complexity index is 381. The number of aryl methyl sites for hydroxylation is 1. The number of hydrogen-bond acceptors (Lipinski definition) is 3. The van der Waals surface area contributed by atoms with Crippen molar-refractivity contribution in [1.29, 1.82) is 0 Å². The lowest BCUT2D eigenvalue weighted by Gasteiger charge is -1.94. The van der Waals surface area contributed by atoms with Gasteiger partial charge in [0, 0.05) is 0 Å². The van der Waals surface area contributed by atoms with Crippen LogP contribution in [0.5, 0.6) is 0 Å². The summed E-state index contributed by atoms with van der Waals surface area (Å²) in [4.78, 5) is 0. The lowest BCUT2D eigenvalue weighted by Crippen LogP contribution is -1.82. The molecular formula is C9H9N2O. The molecule has 1 radical (unpaired) electrons. The van der Waals surface area contributed by atoms with E-state index in [1.807, 2.05) is 18.2 Å². The second-order valence-corrected chi connectivity index (χ2v) is 2.69. The van der Waals surface area contributed by atoms with Gasteiger partial charge in [0.25, 0.3) is 0 Å². The fraction of sp³-hybridized carbons (Fsp3) is 0.222. The highest BCUT2D eigenvalue weighted by molar-refractivity contribution is 5.73. The summed E-state index contributed by atoms with van der Waals surface area (Å²) in [7, 11) is 0. The fourth-order valence-corrected chi connectivity index (χ4v) is 1.19. The molecule has 12 heavy (non-hydrogen) atoms. The molecule has 0 aliphatic rings. The topological polar surface area (TPSA) is 38.9 Å². The fourth-order valence-electron chi connectivity index (χ4n) is 1.19. The standard InChI is InChI=1S/C9H9N2O/c1-2-3-7-4-5-8-9(6-7)11-12-10-8/h4-6H,1-3H2. The lowest BCUT2D eigenvalue weighted by atomic mass is 10.1. The summed E-state index contributed by atoms with van der Waals surface area (Å²) in [6.45, 7) is 3.79. The average molecular weight is 161 g/mol. The van der Waals surface area contributed by atoms with Crippen LogP contribution in [0.1, 0.15) is 12.0 Å². The minimum absolute atomic E-state index is 0.808. The third-order valence-electron chi connectivity index (χ3n) is 1.78. The van der Waals surface area contributed by atoms with Crippen LogP contribution >= 0.6 is 0 Å². The van der Waals surface area contributed by atoms with Crippen molar-refractivity contribution in [2.75, 3.05) is 0 Å². The van der Waals surface area contributed by atoms with Gasteiger partial charge in [-0.1, -0.05) is 13.0 Å². The van der Waals surface area contributed by atoms with Gasteiger partial charge >= 0.3 is 0 Å². The molecule has 0 saturated carbocycles. The van der Waals surface area contributed by atoms with E-state index in [0.29, 0.717) is 0 Å². The van der Waals surface area contributed by atoms with Gasteiger partial charge in [-0.3, -0.25) is 0 Å². The maximum absolute atomic E-state index is 4.58. The number of rotatable bonds is 2. The first-order chi connectivity index (χ1) is 5.90. The number of hydrogen-bond donors (Lipinski definition) is 0. The van der Waals surface area contributed by atoms with Crippen LogP contribution in [0, 0.1) is 6.92 Å². The zero-order valence-electron chi connectivity index (χ0n) is 6.66. The molecule has 0 saturated heterocycles. The summed E-state index contributed by atoms with van der Waals surface area (Å²) >= 11 is 0. The van der Waals surface area contributed by atoms with E-state index >= 15 is 0 Å². The van der Waals surface area contributed by atoms with E-state index in [4.69, 9.17) is 0 Å². The van der Waals surface area contributed by atoms with Crippen molar-refractivity contribution >= 4 is 11.0 Å². The smallest absolute Gasteiger partial charge is 0.135 e. The molecule has 2 aromatic rings. The maximum atomic E-state index is 4.58. The van der Waals surface area contributed by atoms with Crippen molar-refractivity contribution in [1.82, 2.24) is 10.3 Å². The summed E-state index contributed by atoms with van der Waals surface area (Å²) in [6.07, 6.45) is 1.87. The molecule has 2 rings (SSSR count). The van der Waals surface area contributed by atoms with Gasteiger partial charge in [-0.05, 0) is 40.9 Å². The summed E-state index contributed by atoms with van der Waals surface area (Å²) < 4.78 is 4.58. The first-order valence-corrected chi connectivity index (χ1v) is 3.90. The highest BCUT2D eigenvalue weighted by atomic mass is 16.6. The van der Waals surface area contributed by atoms with E-state index in [1.165, 1.54) is 5.56 Å². The van der Waals surface area contributed by atoms with Gasteiger partial charge in [0.05, 0.1) is 0 Å². The van der Waals surface area contributed by atoms with Gasteiger partial charge in [0.1, 0.15) is 11.0 Å². The number of fused-ring (bicyclic) bond motifs is 1. The van der Waals surface area contributed by atoms with Gasteiger partial charge in [-0.2, -0.15) is 0 Å². The zero-order chi connectivity index (χ0) is 8.39. The molecule has 0 bridgehead atoms. The molecular weight excluding hydrogens is 152 g/mol. The van der Waals surface area contributed by atoms with Crippen LogP contribution < -0.4 is 0 Å². The first kappa shape index (κ1) is 7.28. The lowest BCUT2D eigenvalue weighted by molar-refractivity contribution is 0.315. The van der Waals surface area contributed by atoms with Crippen LogP contribution in [0.25, 0.3) is 11.0 Å². The highest BCUT2D eigenvalue weighted by Gasteiger charge is 1.99. The predicted molar refractivity (Wildman–Crippen MR) is 45.5 cm³/mol. The zero-order valence-corrected chi connectivity index (χ0v) is 6.66. The molecule has 0 amide bonds. The van der Waals surface area contributed by atoms with Crippen LogP contribution in [0.3, 0.4) is 0 Å². The van der Waals surface area contributed by atoms with Crippen LogP contribution in [0.4, 0.5) is 0 Å². The monoisotopic (exact) mass is 161 g/mol. The molecule has 0 spiro atoms. The van der Waals surface area contributed by atoms with E-state index in [9.17, 15) is 0 Å². The molecule has 1 aromatic carbocycles. The number of benzene rings is 1. The van der Waals surface area contributed by atoms with Gasteiger partial charge < -0.3 is 0 Å². The normalized spacial score (nSPS) is 10.8. The maximum Gasteiger partial charge on any atom is 0.135 e. The van der Waals surface area contributed by atoms with Gasteiger partial charge in [-0.25, -0.2) is 4.63 Å².